The zero-order valence-electron chi connectivity index (χ0n) is 17.8. The van der Waals surface area contributed by atoms with Gasteiger partial charge in [-0.3, -0.25) is 9.59 Å². The first-order valence-electron chi connectivity index (χ1n) is 9.79. The molecule has 33 heavy (non-hydrogen) atoms. The average molecular weight is 458 g/mol. The van der Waals surface area contributed by atoms with Crippen molar-refractivity contribution < 1.29 is 33.0 Å². The average Bonchev–Trinajstić information content (AvgIpc) is 2.76. The van der Waals surface area contributed by atoms with Gasteiger partial charge in [0.1, 0.15) is 11.5 Å². The highest BCUT2D eigenvalue weighted by Crippen LogP contribution is 2.31. The number of anilines is 1. The number of halogens is 3. The number of phenols is 2. The van der Waals surface area contributed by atoms with E-state index in [0.29, 0.717) is 16.8 Å². The predicted octanol–water partition coefficient (Wildman–Crippen LogP) is 4.67. The van der Waals surface area contributed by atoms with E-state index >= 15 is 0 Å². The van der Waals surface area contributed by atoms with Gasteiger partial charge < -0.3 is 20.0 Å². The molecule has 0 atom stereocenters. The maximum atomic E-state index is 13.3. The molecule has 0 aromatic heterocycles. The van der Waals surface area contributed by atoms with Crippen molar-refractivity contribution in [2.75, 3.05) is 19.0 Å². The van der Waals surface area contributed by atoms with E-state index in [1.54, 1.807) is 14.1 Å². The van der Waals surface area contributed by atoms with E-state index in [9.17, 15) is 33.0 Å². The number of nitrogens with zero attached hydrogens (tertiary/aromatic N) is 2. The SMILES string of the molecule is CN(C)C(=O)c1ccc(N(Cc2ccc(C(F)(F)F)cc2)C(=O)c2ccc(O)cc2O)cc1. The molecule has 172 valence electrons. The van der Waals surface area contributed by atoms with E-state index < -0.39 is 23.4 Å². The molecule has 0 bridgehead atoms. The molecular weight excluding hydrogens is 437 g/mol. The number of amides is 2. The number of carbonyl (C=O) groups excluding carboxylic acids is 2. The summed E-state index contributed by atoms with van der Waals surface area (Å²) in [6, 6.07) is 14.0. The number of benzene rings is 3. The van der Waals surface area contributed by atoms with Crippen LogP contribution < -0.4 is 4.90 Å². The second-order valence-electron chi connectivity index (χ2n) is 7.53. The van der Waals surface area contributed by atoms with Crippen LogP contribution in [0.1, 0.15) is 31.8 Å². The van der Waals surface area contributed by atoms with Crippen molar-refractivity contribution in [3.05, 3.63) is 89.0 Å². The van der Waals surface area contributed by atoms with Crippen LogP contribution in [0.3, 0.4) is 0 Å². The molecule has 0 fully saturated rings. The fraction of sp³-hybridized carbons (Fsp3) is 0.167. The molecule has 0 aliphatic carbocycles. The van der Waals surface area contributed by atoms with Crippen LogP contribution in [-0.2, 0) is 12.7 Å². The number of hydrogen-bond donors (Lipinski definition) is 2. The van der Waals surface area contributed by atoms with Gasteiger partial charge in [-0.1, -0.05) is 12.1 Å². The molecule has 0 radical (unpaired) electrons. The molecule has 0 saturated heterocycles. The van der Waals surface area contributed by atoms with Gasteiger partial charge in [-0.15, -0.1) is 0 Å². The summed E-state index contributed by atoms with van der Waals surface area (Å²) in [5, 5.41) is 19.7. The number of rotatable bonds is 5. The molecule has 3 rings (SSSR count). The Hall–Kier alpha value is -4.01. The van der Waals surface area contributed by atoms with Crippen LogP contribution in [0.2, 0.25) is 0 Å². The highest BCUT2D eigenvalue weighted by Gasteiger charge is 2.30. The maximum absolute atomic E-state index is 13.3. The summed E-state index contributed by atoms with van der Waals surface area (Å²) in [4.78, 5) is 28.1. The Bertz CT molecular complexity index is 1160. The molecule has 9 heteroatoms. The van der Waals surface area contributed by atoms with E-state index in [0.717, 1.165) is 18.2 Å². The van der Waals surface area contributed by atoms with Gasteiger partial charge in [0.15, 0.2) is 0 Å². The van der Waals surface area contributed by atoms with Crippen molar-refractivity contribution in [1.29, 1.82) is 0 Å². The zero-order valence-corrected chi connectivity index (χ0v) is 17.8. The van der Waals surface area contributed by atoms with Crippen LogP contribution in [0.15, 0.2) is 66.7 Å². The van der Waals surface area contributed by atoms with Crippen LogP contribution >= 0.6 is 0 Å². The highest BCUT2D eigenvalue weighted by atomic mass is 19.4. The molecule has 2 amide bonds. The fourth-order valence-corrected chi connectivity index (χ4v) is 3.15. The third kappa shape index (κ3) is 5.43. The van der Waals surface area contributed by atoms with E-state index in [-0.39, 0.29) is 23.8 Å². The molecule has 0 aliphatic heterocycles. The lowest BCUT2D eigenvalue weighted by Crippen LogP contribution is -2.30. The summed E-state index contributed by atoms with van der Waals surface area (Å²) in [5.74, 6) is -1.56. The molecule has 0 heterocycles. The molecule has 3 aromatic carbocycles. The van der Waals surface area contributed by atoms with Crippen molar-refractivity contribution in [2.45, 2.75) is 12.7 Å². The second-order valence-corrected chi connectivity index (χ2v) is 7.53. The highest BCUT2D eigenvalue weighted by molar-refractivity contribution is 6.08. The Morgan fingerprint density at radius 2 is 1.45 bits per heavy atom. The first-order valence-corrected chi connectivity index (χ1v) is 9.79. The minimum absolute atomic E-state index is 0.0989. The molecule has 0 saturated carbocycles. The normalized spacial score (nSPS) is 11.2. The van der Waals surface area contributed by atoms with Gasteiger partial charge in [-0.2, -0.15) is 13.2 Å². The number of carbonyl (C=O) groups is 2. The maximum Gasteiger partial charge on any atom is 0.416 e. The topological polar surface area (TPSA) is 81.1 Å². The lowest BCUT2D eigenvalue weighted by molar-refractivity contribution is -0.137. The second kappa shape index (κ2) is 9.23. The molecule has 0 aliphatic rings. The molecule has 0 unspecified atom stereocenters. The smallest absolute Gasteiger partial charge is 0.416 e. The summed E-state index contributed by atoms with van der Waals surface area (Å²) in [6.07, 6.45) is -4.49. The van der Waals surface area contributed by atoms with Crippen molar-refractivity contribution in [1.82, 2.24) is 4.90 Å². The van der Waals surface area contributed by atoms with Crippen molar-refractivity contribution >= 4 is 17.5 Å². The van der Waals surface area contributed by atoms with Crippen molar-refractivity contribution in [2.24, 2.45) is 0 Å². The Morgan fingerprint density at radius 1 is 0.848 bits per heavy atom. The number of hydrogen-bond acceptors (Lipinski definition) is 4. The van der Waals surface area contributed by atoms with Gasteiger partial charge in [0, 0.05) is 31.4 Å². The lowest BCUT2D eigenvalue weighted by atomic mass is 10.1. The van der Waals surface area contributed by atoms with Gasteiger partial charge >= 0.3 is 6.18 Å². The standard InChI is InChI=1S/C24H21F3N2O4/c1-28(2)22(32)16-5-9-18(10-6-16)29(23(33)20-12-11-19(30)13-21(20)31)14-15-3-7-17(8-4-15)24(25,26)27/h3-13,30-31H,14H2,1-2H3. The van der Waals surface area contributed by atoms with E-state index in [4.69, 9.17) is 0 Å². The van der Waals surface area contributed by atoms with Crippen LogP contribution in [0.4, 0.5) is 18.9 Å². The summed E-state index contributed by atoms with van der Waals surface area (Å²) in [6.45, 7) is -0.0989. The summed E-state index contributed by atoms with van der Waals surface area (Å²) < 4.78 is 38.7. The van der Waals surface area contributed by atoms with Crippen molar-refractivity contribution in [3.8, 4) is 11.5 Å². The van der Waals surface area contributed by atoms with Gasteiger partial charge in [-0.25, -0.2) is 0 Å². The van der Waals surface area contributed by atoms with Crippen LogP contribution in [-0.4, -0.2) is 41.0 Å². The largest absolute Gasteiger partial charge is 0.508 e. The molecule has 0 spiro atoms. The third-order valence-corrected chi connectivity index (χ3v) is 4.91. The molecule has 2 N–H and O–H groups in total. The Morgan fingerprint density at radius 3 is 1.97 bits per heavy atom. The van der Waals surface area contributed by atoms with Gasteiger partial charge in [0.2, 0.25) is 0 Å². The fourth-order valence-electron chi connectivity index (χ4n) is 3.15. The number of phenolic OH excluding ortho intramolecular Hbond substituents is 2. The minimum Gasteiger partial charge on any atom is -0.508 e. The first kappa shape index (κ1) is 23.6. The quantitative estimate of drug-likeness (QED) is 0.583. The van der Waals surface area contributed by atoms with E-state index in [1.807, 2.05) is 0 Å². The summed E-state index contributed by atoms with van der Waals surface area (Å²) >= 11 is 0. The van der Waals surface area contributed by atoms with E-state index in [2.05, 4.69) is 0 Å². The molecule has 3 aromatic rings. The van der Waals surface area contributed by atoms with Crippen LogP contribution in [0.25, 0.3) is 0 Å². The van der Waals surface area contributed by atoms with Gasteiger partial charge in [0.05, 0.1) is 17.7 Å². The first-order chi connectivity index (χ1) is 15.5. The van der Waals surface area contributed by atoms with Gasteiger partial charge in [-0.05, 0) is 54.1 Å². The van der Waals surface area contributed by atoms with Gasteiger partial charge in [0.25, 0.3) is 11.8 Å². The minimum atomic E-state index is -4.49. The Kier molecular flexibility index (Phi) is 6.62. The monoisotopic (exact) mass is 458 g/mol. The van der Waals surface area contributed by atoms with E-state index in [1.165, 1.54) is 58.3 Å². The number of alkyl halides is 3. The lowest BCUT2D eigenvalue weighted by Gasteiger charge is -2.24. The zero-order chi connectivity index (χ0) is 24.3. The predicted molar refractivity (Wildman–Crippen MR) is 116 cm³/mol. The molecular formula is C24H21F3N2O4. The van der Waals surface area contributed by atoms with Crippen LogP contribution in [0.5, 0.6) is 11.5 Å². The molecule has 6 nitrogen and oxygen atoms in total. The third-order valence-electron chi connectivity index (χ3n) is 4.91. The summed E-state index contributed by atoms with van der Waals surface area (Å²) in [5.41, 5.74) is 0.254. The summed E-state index contributed by atoms with van der Waals surface area (Å²) in [7, 11) is 3.20. The van der Waals surface area contributed by atoms with Crippen molar-refractivity contribution in [3.63, 3.8) is 0 Å². The Labute approximate surface area is 188 Å². The van der Waals surface area contributed by atoms with Crippen LogP contribution in [0, 0.1) is 0 Å². The number of aromatic hydroxyl groups is 2. The Balaban J connectivity index is 1.99.